The van der Waals surface area contributed by atoms with Crippen LogP contribution in [0.25, 0.3) is 11.3 Å². The van der Waals surface area contributed by atoms with E-state index in [0.717, 1.165) is 31.8 Å². The molecule has 0 N–H and O–H groups in total. The summed E-state index contributed by atoms with van der Waals surface area (Å²) in [6, 6.07) is 7.64. The van der Waals surface area contributed by atoms with E-state index < -0.39 is 0 Å². The lowest BCUT2D eigenvalue weighted by molar-refractivity contribution is 0.0483. The highest BCUT2D eigenvalue weighted by atomic mass is 16.5. The Bertz CT molecular complexity index is 699. The monoisotopic (exact) mass is 327 g/mol. The fraction of sp³-hybridized carbons (Fsp3) is 0.444. The lowest BCUT2D eigenvalue weighted by Crippen LogP contribution is -2.45. The fourth-order valence-corrected chi connectivity index (χ4v) is 3.63. The number of fused-ring (bicyclic) bond motifs is 3. The normalized spacial score (nSPS) is 24.6. The number of ether oxygens (including phenoxy) is 1. The Hall–Kier alpha value is -2.18. The van der Waals surface area contributed by atoms with Crippen molar-refractivity contribution in [2.24, 2.45) is 5.92 Å². The van der Waals surface area contributed by atoms with E-state index in [-0.39, 0.29) is 11.9 Å². The molecule has 2 bridgehead atoms. The van der Waals surface area contributed by atoms with Crippen LogP contribution in [0.2, 0.25) is 0 Å². The zero-order valence-corrected chi connectivity index (χ0v) is 13.7. The van der Waals surface area contributed by atoms with Crippen LogP contribution < -0.4 is 0 Å². The predicted octanol–water partition coefficient (Wildman–Crippen LogP) is 1.74. The molecular formula is C18H21N3O3. The zero-order chi connectivity index (χ0) is 16.5. The minimum absolute atomic E-state index is 0.0786. The van der Waals surface area contributed by atoms with Gasteiger partial charge in [-0.15, -0.1) is 0 Å². The second-order valence-electron chi connectivity index (χ2n) is 6.68. The van der Waals surface area contributed by atoms with Crippen molar-refractivity contribution in [3.8, 4) is 11.3 Å². The van der Waals surface area contributed by atoms with Crippen molar-refractivity contribution in [3.05, 3.63) is 42.4 Å². The molecule has 2 fully saturated rings. The molecule has 0 saturated carbocycles. The molecule has 1 aromatic heterocycles. The number of amides is 1. The molecule has 2 saturated heterocycles. The number of hydrogen-bond acceptors (Lipinski definition) is 5. The van der Waals surface area contributed by atoms with Crippen LogP contribution in [-0.2, 0) is 4.74 Å². The van der Waals surface area contributed by atoms with Crippen LogP contribution in [0.15, 0.2) is 41.3 Å². The predicted molar refractivity (Wildman–Crippen MR) is 88.6 cm³/mol. The number of rotatable bonds is 2. The van der Waals surface area contributed by atoms with E-state index in [1.54, 1.807) is 6.20 Å². The molecule has 1 amide bonds. The quantitative estimate of drug-likeness (QED) is 0.841. The Morgan fingerprint density at radius 1 is 1.17 bits per heavy atom. The summed E-state index contributed by atoms with van der Waals surface area (Å²) in [5.41, 5.74) is 1.62. The lowest BCUT2D eigenvalue weighted by Gasteiger charge is -2.29. The molecule has 2 atom stereocenters. The summed E-state index contributed by atoms with van der Waals surface area (Å²) in [4.78, 5) is 21.2. The summed E-state index contributed by atoms with van der Waals surface area (Å²) in [5, 5.41) is 0. The number of carbonyl (C=O) groups is 1. The van der Waals surface area contributed by atoms with Gasteiger partial charge in [-0.1, -0.05) is 12.1 Å². The summed E-state index contributed by atoms with van der Waals surface area (Å²) in [6.07, 6.45) is 3.07. The van der Waals surface area contributed by atoms with Crippen molar-refractivity contribution >= 4 is 5.91 Å². The van der Waals surface area contributed by atoms with E-state index in [1.807, 2.05) is 29.2 Å². The molecule has 2 aliphatic heterocycles. The molecule has 0 spiro atoms. The molecule has 6 heteroatoms. The summed E-state index contributed by atoms with van der Waals surface area (Å²) in [7, 11) is 2.12. The Kier molecular flexibility index (Phi) is 4.08. The highest BCUT2D eigenvalue weighted by Crippen LogP contribution is 2.23. The molecule has 0 radical (unpaired) electrons. The minimum Gasteiger partial charge on any atom is -0.444 e. The van der Waals surface area contributed by atoms with E-state index >= 15 is 0 Å². The van der Waals surface area contributed by atoms with Gasteiger partial charge in [0.25, 0.3) is 5.91 Å². The Morgan fingerprint density at radius 3 is 2.75 bits per heavy atom. The smallest absolute Gasteiger partial charge is 0.254 e. The molecule has 2 aliphatic rings. The number of nitrogens with zero attached hydrogens (tertiary/aromatic N) is 3. The van der Waals surface area contributed by atoms with Crippen LogP contribution in [0.1, 0.15) is 10.4 Å². The van der Waals surface area contributed by atoms with Gasteiger partial charge in [0.05, 0.1) is 25.5 Å². The summed E-state index contributed by atoms with van der Waals surface area (Å²) in [5.74, 6) is 1.16. The van der Waals surface area contributed by atoms with Crippen LogP contribution in [-0.4, -0.2) is 66.6 Å². The van der Waals surface area contributed by atoms with E-state index in [0.29, 0.717) is 23.8 Å². The molecule has 0 aliphatic carbocycles. The summed E-state index contributed by atoms with van der Waals surface area (Å²) >= 11 is 0. The fourth-order valence-electron chi connectivity index (χ4n) is 3.63. The van der Waals surface area contributed by atoms with Gasteiger partial charge in [0.15, 0.2) is 12.2 Å². The van der Waals surface area contributed by atoms with E-state index in [9.17, 15) is 4.79 Å². The summed E-state index contributed by atoms with van der Waals surface area (Å²) in [6.45, 7) is 3.94. The number of benzene rings is 1. The highest BCUT2D eigenvalue weighted by Gasteiger charge is 2.35. The molecule has 3 heterocycles. The van der Waals surface area contributed by atoms with Crippen molar-refractivity contribution in [2.75, 3.05) is 39.9 Å². The third-order valence-corrected chi connectivity index (χ3v) is 4.76. The topological polar surface area (TPSA) is 58.8 Å². The van der Waals surface area contributed by atoms with Crippen molar-refractivity contribution in [1.82, 2.24) is 14.8 Å². The molecule has 4 rings (SSSR count). The molecule has 24 heavy (non-hydrogen) atoms. The maximum atomic E-state index is 13.0. The van der Waals surface area contributed by atoms with Gasteiger partial charge in [0.1, 0.15) is 0 Å². The van der Waals surface area contributed by atoms with Gasteiger partial charge in [-0.05, 0) is 19.2 Å². The van der Waals surface area contributed by atoms with Crippen LogP contribution in [0, 0.1) is 5.92 Å². The molecule has 126 valence electrons. The molecular weight excluding hydrogens is 306 g/mol. The SMILES string of the molecule is CN1C[C@@H]2COC[C@H](C1)N(C(=O)c1ccc(-c3cnco3)cc1)C2. The number of hydrogen-bond donors (Lipinski definition) is 0. The second-order valence-corrected chi connectivity index (χ2v) is 6.68. The highest BCUT2D eigenvalue weighted by molar-refractivity contribution is 5.95. The second kappa shape index (κ2) is 6.37. The van der Waals surface area contributed by atoms with E-state index in [4.69, 9.17) is 9.15 Å². The van der Waals surface area contributed by atoms with Gasteiger partial charge in [-0.3, -0.25) is 4.79 Å². The Labute approximate surface area is 141 Å². The van der Waals surface area contributed by atoms with Crippen LogP contribution in [0.5, 0.6) is 0 Å². The maximum Gasteiger partial charge on any atom is 0.254 e. The zero-order valence-electron chi connectivity index (χ0n) is 13.7. The van der Waals surface area contributed by atoms with Gasteiger partial charge in [-0.25, -0.2) is 4.98 Å². The standard InChI is InChI=1S/C18H21N3O3/c1-20-7-13-8-21(16(9-20)11-23-10-13)18(22)15-4-2-14(3-5-15)17-6-19-12-24-17/h2-6,12-13,16H,7-11H2,1H3/t13-,16-/m0/s1. The number of aromatic nitrogens is 1. The van der Waals surface area contributed by atoms with Gasteiger partial charge in [0.2, 0.25) is 0 Å². The molecule has 0 unspecified atom stereocenters. The number of likely N-dealkylation sites (N-methyl/N-ethyl adjacent to an activating group) is 1. The molecule has 2 aromatic rings. The van der Waals surface area contributed by atoms with Gasteiger partial charge < -0.3 is 19.0 Å². The first-order valence-electron chi connectivity index (χ1n) is 8.27. The van der Waals surface area contributed by atoms with Crippen LogP contribution in [0.4, 0.5) is 0 Å². The van der Waals surface area contributed by atoms with Gasteiger partial charge in [-0.2, -0.15) is 0 Å². The first kappa shape index (κ1) is 15.4. The number of oxazole rings is 1. The first-order valence-corrected chi connectivity index (χ1v) is 8.27. The van der Waals surface area contributed by atoms with Gasteiger partial charge in [0, 0.05) is 36.7 Å². The average Bonchev–Trinajstić information content (AvgIpc) is 2.98. The largest absolute Gasteiger partial charge is 0.444 e. The third kappa shape index (κ3) is 2.95. The molecule has 6 nitrogen and oxygen atoms in total. The van der Waals surface area contributed by atoms with Crippen molar-refractivity contribution in [2.45, 2.75) is 6.04 Å². The Morgan fingerprint density at radius 2 is 2.00 bits per heavy atom. The summed E-state index contributed by atoms with van der Waals surface area (Å²) < 4.78 is 11.0. The van der Waals surface area contributed by atoms with E-state index in [1.165, 1.54) is 6.39 Å². The first-order chi connectivity index (χ1) is 11.7. The lowest BCUT2D eigenvalue weighted by atomic mass is 10.1. The maximum absolute atomic E-state index is 13.0. The van der Waals surface area contributed by atoms with Crippen molar-refractivity contribution in [3.63, 3.8) is 0 Å². The average molecular weight is 327 g/mol. The molecule has 1 aromatic carbocycles. The van der Waals surface area contributed by atoms with Crippen LogP contribution >= 0.6 is 0 Å². The van der Waals surface area contributed by atoms with Crippen molar-refractivity contribution < 1.29 is 13.9 Å². The van der Waals surface area contributed by atoms with Crippen molar-refractivity contribution in [1.29, 1.82) is 0 Å². The third-order valence-electron chi connectivity index (χ3n) is 4.76. The van der Waals surface area contributed by atoms with E-state index in [2.05, 4.69) is 16.9 Å². The van der Waals surface area contributed by atoms with Gasteiger partial charge >= 0.3 is 0 Å². The van der Waals surface area contributed by atoms with Crippen LogP contribution in [0.3, 0.4) is 0 Å². The minimum atomic E-state index is 0.0786. The Balaban J connectivity index is 1.56. The number of carbonyl (C=O) groups excluding carboxylic acids is 1.